The van der Waals surface area contributed by atoms with Crippen molar-refractivity contribution in [3.8, 4) is 0 Å². The van der Waals surface area contributed by atoms with Crippen LogP contribution in [0.2, 0.25) is 0 Å². The lowest BCUT2D eigenvalue weighted by molar-refractivity contribution is 0.0794. The predicted octanol–water partition coefficient (Wildman–Crippen LogP) is 2.48. The van der Waals surface area contributed by atoms with E-state index in [4.69, 9.17) is 9.73 Å². The molecule has 0 bridgehead atoms. The van der Waals surface area contributed by atoms with Crippen molar-refractivity contribution in [2.45, 2.75) is 44.4 Å². The minimum Gasteiger partial charge on any atom is -0.381 e. The lowest BCUT2D eigenvalue weighted by Crippen LogP contribution is -2.43. The molecular formula is C13H28IN3OS. The molecule has 2 N–H and O–H groups in total. The monoisotopic (exact) mass is 401 g/mol. The number of nitrogens with zero attached hydrogens (tertiary/aromatic N) is 1. The van der Waals surface area contributed by atoms with E-state index in [2.05, 4.69) is 37.7 Å². The summed E-state index contributed by atoms with van der Waals surface area (Å²) in [6.07, 6.45) is 4.38. The molecule has 0 unspecified atom stereocenters. The Labute approximate surface area is 138 Å². The van der Waals surface area contributed by atoms with Gasteiger partial charge in [-0.3, -0.25) is 4.99 Å². The SMILES string of the molecule is CCNC(=NCC1(SC)CCOCC1)NC(C)C.I. The minimum absolute atomic E-state index is 0. The molecule has 0 aromatic rings. The number of nitrogens with one attached hydrogen (secondary N) is 2. The zero-order valence-electron chi connectivity index (χ0n) is 12.5. The number of halogens is 1. The van der Waals surface area contributed by atoms with Gasteiger partial charge in [-0.05, 0) is 39.9 Å². The fraction of sp³-hybridized carbons (Fsp3) is 0.923. The maximum Gasteiger partial charge on any atom is 0.191 e. The van der Waals surface area contributed by atoms with Crippen LogP contribution in [0, 0.1) is 0 Å². The molecule has 0 aliphatic carbocycles. The van der Waals surface area contributed by atoms with Crippen LogP contribution in [-0.2, 0) is 4.74 Å². The van der Waals surface area contributed by atoms with E-state index >= 15 is 0 Å². The molecule has 0 spiro atoms. The number of ether oxygens (including phenoxy) is 1. The number of hydrogen-bond donors (Lipinski definition) is 2. The summed E-state index contributed by atoms with van der Waals surface area (Å²) in [4.78, 5) is 4.74. The van der Waals surface area contributed by atoms with Crippen molar-refractivity contribution in [3.63, 3.8) is 0 Å². The lowest BCUT2D eigenvalue weighted by Gasteiger charge is -2.34. The third-order valence-corrected chi connectivity index (χ3v) is 4.54. The van der Waals surface area contributed by atoms with Gasteiger partial charge in [0.2, 0.25) is 0 Å². The van der Waals surface area contributed by atoms with E-state index in [9.17, 15) is 0 Å². The van der Waals surface area contributed by atoms with Gasteiger partial charge in [0.15, 0.2) is 5.96 Å². The minimum atomic E-state index is 0. The Balaban J connectivity index is 0.00000324. The average Bonchev–Trinajstić information content (AvgIpc) is 2.37. The molecule has 1 aliphatic heterocycles. The molecule has 1 fully saturated rings. The quantitative estimate of drug-likeness (QED) is 0.422. The van der Waals surface area contributed by atoms with Gasteiger partial charge in [-0.25, -0.2) is 0 Å². The van der Waals surface area contributed by atoms with Crippen LogP contribution in [0.25, 0.3) is 0 Å². The van der Waals surface area contributed by atoms with Gasteiger partial charge in [0.25, 0.3) is 0 Å². The molecule has 1 heterocycles. The lowest BCUT2D eigenvalue weighted by atomic mass is 9.99. The molecule has 0 amide bonds. The summed E-state index contributed by atoms with van der Waals surface area (Å²) in [6.45, 7) is 9.84. The summed E-state index contributed by atoms with van der Waals surface area (Å²) in [5.41, 5.74) is 0. The van der Waals surface area contributed by atoms with Crippen LogP contribution < -0.4 is 10.6 Å². The molecule has 0 radical (unpaired) electrons. The number of thioether (sulfide) groups is 1. The average molecular weight is 401 g/mol. The molecule has 6 heteroatoms. The smallest absolute Gasteiger partial charge is 0.191 e. The first-order valence-electron chi connectivity index (χ1n) is 6.79. The highest BCUT2D eigenvalue weighted by atomic mass is 127. The molecule has 0 saturated carbocycles. The summed E-state index contributed by atoms with van der Waals surface area (Å²) >= 11 is 1.93. The third-order valence-electron chi connectivity index (χ3n) is 3.13. The molecule has 0 atom stereocenters. The zero-order valence-corrected chi connectivity index (χ0v) is 15.6. The first-order chi connectivity index (χ1) is 8.62. The van der Waals surface area contributed by atoms with E-state index in [1.165, 1.54) is 0 Å². The maximum absolute atomic E-state index is 5.45. The third kappa shape index (κ3) is 7.04. The highest BCUT2D eigenvalue weighted by molar-refractivity contribution is 14.0. The number of guanidine groups is 1. The van der Waals surface area contributed by atoms with Gasteiger partial charge >= 0.3 is 0 Å². The molecular weight excluding hydrogens is 373 g/mol. The highest BCUT2D eigenvalue weighted by Crippen LogP contribution is 2.33. The molecule has 1 aliphatic rings. The maximum atomic E-state index is 5.45. The Kier molecular flexibility index (Phi) is 10.3. The Morgan fingerprint density at radius 3 is 2.47 bits per heavy atom. The second-order valence-corrected chi connectivity index (χ2v) is 6.27. The van der Waals surface area contributed by atoms with Gasteiger partial charge < -0.3 is 15.4 Å². The molecule has 19 heavy (non-hydrogen) atoms. The van der Waals surface area contributed by atoms with E-state index in [0.29, 0.717) is 6.04 Å². The largest absolute Gasteiger partial charge is 0.381 e. The van der Waals surface area contributed by atoms with Gasteiger partial charge in [-0.1, -0.05) is 0 Å². The molecule has 1 rings (SSSR count). The topological polar surface area (TPSA) is 45.7 Å². The highest BCUT2D eigenvalue weighted by Gasteiger charge is 2.31. The standard InChI is InChI=1S/C13H27N3OS.HI/c1-5-14-12(16-11(2)3)15-10-13(18-4)6-8-17-9-7-13;/h11H,5-10H2,1-4H3,(H2,14,15,16);1H. The molecule has 0 aromatic carbocycles. The number of hydrogen-bond acceptors (Lipinski definition) is 3. The Bertz CT molecular complexity index is 269. The van der Waals surface area contributed by atoms with Gasteiger partial charge in [0.05, 0.1) is 6.54 Å². The molecule has 114 valence electrons. The summed E-state index contributed by atoms with van der Waals surface area (Å²) in [6, 6.07) is 0.405. The van der Waals surface area contributed by atoms with Crippen molar-refractivity contribution in [2.75, 3.05) is 32.6 Å². The first kappa shape index (κ1) is 19.3. The van der Waals surface area contributed by atoms with Gasteiger partial charge in [-0.15, -0.1) is 24.0 Å². The Hall–Kier alpha value is 0.310. The Morgan fingerprint density at radius 1 is 1.37 bits per heavy atom. The van der Waals surface area contributed by atoms with Crippen molar-refractivity contribution >= 4 is 41.7 Å². The van der Waals surface area contributed by atoms with E-state index in [1.807, 2.05) is 11.8 Å². The van der Waals surface area contributed by atoms with Gasteiger partial charge in [-0.2, -0.15) is 11.8 Å². The van der Waals surface area contributed by atoms with Crippen LogP contribution in [0.3, 0.4) is 0 Å². The van der Waals surface area contributed by atoms with Gasteiger partial charge in [0, 0.05) is 30.5 Å². The van der Waals surface area contributed by atoms with E-state index in [-0.39, 0.29) is 28.7 Å². The fourth-order valence-electron chi connectivity index (χ4n) is 1.99. The number of aliphatic imine (C=N–C) groups is 1. The van der Waals surface area contributed by atoms with Crippen molar-refractivity contribution in [1.82, 2.24) is 10.6 Å². The zero-order chi connectivity index (χ0) is 13.4. The Morgan fingerprint density at radius 2 is 2.00 bits per heavy atom. The van der Waals surface area contributed by atoms with Crippen LogP contribution in [0.4, 0.5) is 0 Å². The summed E-state index contributed by atoms with van der Waals surface area (Å²) in [7, 11) is 0. The fourth-order valence-corrected chi connectivity index (χ4v) is 2.76. The second-order valence-electron chi connectivity index (χ2n) is 4.99. The van der Waals surface area contributed by atoms with Crippen LogP contribution in [0.5, 0.6) is 0 Å². The number of rotatable bonds is 5. The van der Waals surface area contributed by atoms with Crippen molar-refractivity contribution in [1.29, 1.82) is 0 Å². The molecule has 1 saturated heterocycles. The summed E-state index contributed by atoms with van der Waals surface area (Å²) in [5, 5.41) is 6.65. The van der Waals surface area contributed by atoms with Crippen molar-refractivity contribution in [3.05, 3.63) is 0 Å². The van der Waals surface area contributed by atoms with E-state index < -0.39 is 0 Å². The van der Waals surface area contributed by atoms with Crippen LogP contribution in [0.1, 0.15) is 33.6 Å². The first-order valence-corrected chi connectivity index (χ1v) is 8.02. The van der Waals surface area contributed by atoms with Crippen LogP contribution >= 0.6 is 35.7 Å². The summed E-state index contributed by atoms with van der Waals surface area (Å²) in [5.74, 6) is 0.924. The molecule has 4 nitrogen and oxygen atoms in total. The van der Waals surface area contributed by atoms with E-state index in [0.717, 1.165) is 45.1 Å². The normalized spacial score (nSPS) is 18.9. The summed E-state index contributed by atoms with van der Waals surface area (Å²) < 4.78 is 5.71. The van der Waals surface area contributed by atoms with Crippen LogP contribution in [0.15, 0.2) is 4.99 Å². The predicted molar refractivity (Wildman–Crippen MR) is 96.0 cm³/mol. The second kappa shape index (κ2) is 10.1. The van der Waals surface area contributed by atoms with Gasteiger partial charge in [0.1, 0.15) is 0 Å². The van der Waals surface area contributed by atoms with Crippen LogP contribution in [-0.4, -0.2) is 49.3 Å². The van der Waals surface area contributed by atoms with Crippen molar-refractivity contribution in [2.24, 2.45) is 4.99 Å². The van der Waals surface area contributed by atoms with Crippen molar-refractivity contribution < 1.29 is 4.74 Å². The van der Waals surface area contributed by atoms with E-state index in [1.54, 1.807) is 0 Å². The molecule has 0 aromatic heterocycles.